The molecule has 0 saturated heterocycles. The Labute approximate surface area is 127 Å². The number of carbonyl (C=O) groups is 1. The van der Waals surface area contributed by atoms with Crippen molar-refractivity contribution in [3.05, 3.63) is 51.0 Å². The average molecular weight is 303 g/mol. The Bertz CT molecular complexity index is 665. The second-order valence-electron chi connectivity index (χ2n) is 5.27. The molecule has 0 saturated carbocycles. The molecule has 1 unspecified atom stereocenters. The molecule has 21 heavy (non-hydrogen) atoms. The number of methoxy groups -OCH3 is 1. The van der Waals surface area contributed by atoms with Gasteiger partial charge in [0.05, 0.1) is 17.3 Å². The summed E-state index contributed by atoms with van der Waals surface area (Å²) in [5, 5.41) is 10.2. The molecule has 1 aromatic carbocycles. The highest BCUT2D eigenvalue weighted by atomic mass is 32.1. The molecular weight excluding hydrogens is 286 g/mol. The van der Waals surface area contributed by atoms with Crippen LogP contribution in [0.1, 0.15) is 43.8 Å². The Morgan fingerprint density at radius 1 is 1.43 bits per heavy atom. The lowest BCUT2D eigenvalue weighted by Gasteiger charge is -2.22. The summed E-state index contributed by atoms with van der Waals surface area (Å²) in [4.78, 5) is 16.1. The predicted octanol–water partition coefficient (Wildman–Crippen LogP) is 3.26. The Balaban J connectivity index is 1.88. The van der Waals surface area contributed by atoms with Gasteiger partial charge >= 0.3 is 5.97 Å². The summed E-state index contributed by atoms with van der Waals surface area (Å²) in [6.07, 6.45) is 2.99. The van der Waals surface area contributed by atoms with E-state index in [2.05, 4.69) is 29.2 Å². The van der Waals surface area contributed by atoms with Gasteiger partial charge in [-0.05, 0) is 30.4 Å². The first-order valence-electron chi connectivity index (χ1n) is 6.97. The van der Waals surface area contributed by atoms with Crippen molar-refractivity contribution in [2.24, 2.45) is 0 Å². The number of hydrogen-bond acceptors (Lipinski definition) is 4. The zero-order chi connectivity index (χ0) is 14.8. The average Bonchev–Trinajstić information content (AvgIpc) is 2.91. The SMILES string of the molecule is COCc1nc(C2CCc3ccccc3C2)sc1C(=O)O. The minimum Gasteiger partial charge on any atom is -0.477 e. The van der Waals surface area contributed by atoms with Gasteiger partial charge in [0, 0.05) is 13.0 Å². The lowest BCUT2D eigenvalue weighted by Crippen LogP contribution is -2.12. The number of rotatable bonds is 4. The van der Waals surface area contributed by atoms with E-state index in [0.29, 0.717) is 16.5 Å². The molecule has 0 radical (unpaired) electrons. The van der Waals surface area contributed by atoms with Crippen LogP contribution in [0.5, 0.6) is 0 Å². The van der Waals surface area contributed by atoms with Crippen LogP contribution in [-0.2, 0) is 24.2 Å². The van der Waals surface area contributed by atoms with Crippen LogP contribution in [0.15, 0.2) is 24.3 Å². The van der Waals surface area contributed by atoms with E-state index in [1.54, 1.807) is 7.11 Å². The molecule has 1 aromatic heterocycles. The molecule has 0 aliphatic heterocycles. The van der Waals surface area contributed by atoms with Gasteiger partial charge in [0.1, 0.15) is 4.88 Å². The second kappa shape index (κ2) is 5.95. The topological polar surface area (TPSA) is 59.4 Å². The molecule has 4 nitrogen and oxygen atoms in total. The van der Waals surface area contributed by atoms with Crippen molar-refractivity contribution in [1.82, 2.24) is 4.98 Å². The number of thiazole rings is 1. The third-order valence-corrected chi connectivity index (χ3v) is 5.13. The quantitative estimate of drug-likeness (QED) is 0.942. The van der Waals surface area contributed by atoms with Crippen LogP contribution >= 0.6 is 11.3 Å². The van der Waals surface area contributed by atoms with Crippen molar-refractivity contribution in [3.63, 3.8) is 0 Å². The first-order chi connectivity index (χ1) is 10.2. The Kier molecular flexibility index (Phi) is 4.03. The molecule has 110 valence electrons. The minimum atomic E-state index is -0.915. The van der Waals surface area contributed by atoms with Gasteiger partial charge in [0.2, 0.25) is 0 Å². The van der Waals surface area contributed by atoms with Crippen LogP contribution in [0.3, 0.4) is 0 Å². The van der Waals surface area contributed by atoms with E-state index < -0.39 is 5.97 Å². The van der Waals surface area contributed by atoms with E-state index in [1.165, 1.54) is 22.5 Å². The molecule has 1 N–H and O–H groups in total. The summed E-state index contributed by atoms with van der Waals surface area (Å²) in [6, 6.07) is 8.46. The molecule has 0 fully saturated rings. The summed E-state index contributed by atoms with van der Waals surface area (Å²) in [5.74, 6) is -0.601. The Hall–Kier alpha value is -1.72. The van der Waals surface area contributed by atoms with Gasteiger partial charge in [-0.25, -0.2) is 9.78 Å². The van der Waals surface area contributed by atoms with Crippen molar-refractivity contribution in [1.29, 1.82) is 0 Å². The third kappa shape index (κ3) is 2.84. The van der Waals surface area contributed by atoms with Crippen LogP contribution in [0.25, 0.3) is 0 Å². The number of benzene rings is 1. The van der Waals surface area contributed by atoms with Crippen LogP contribution in [0, 0.1) is 0 Å². The summed E-state index contributed by atoms with van der Waals surface area (Å²) in [5.41, 5.74) is 3.30. The monoisotopic (exact) mass is 303 g/mol. The number of hydrogen-bond donors (Lipinski definition) is 1. The van der Waals surface area contributed by atoms with Gasteiger partial charge < -0.3 is 9.84 Å². The molecule has 0 amide bonds. The number of ether oxygens (including phenoxy) is 1. The number of fused-ring (bicyclic) bond motifs is 1. The molecule has 0 spiro atoms. The van der Waals surface area contributed by atoms with E-state index >= 15 is 0 Å². The van der Waals surface area contributed by atoms with E-state index in [4.69, 9.17) is 4.74 Å². The smallest absolute Gasteiger partial charge is 0.347 e. The number of nitrogens with zero attached hydrogens (tertiary/aromatic N) is 1. The molecule has 1 aliphatic carbocycles. The predicted molar refractivity (Wildman–Crippen MR) is 81.0 cm³/mol. The lowest BCUT2D eigenvalue weighted by atomic mass is 9.84. The first-order valence-corrected chi connectivity index (χ1v) is 7.79. The standard InChI is InChI=1S/C16H17NO3S/c1-20-9-13-14(16(18)19)21-15(17-13)12-7-6-10-4-2-3-5-11(10)8-12/h2-5,12H,6-9H2,1H3,(H,18,19). The van der Waals surface area contributed by atoms with Gasteiger partial charge in [-0.3, -0.25) is 0 Å². The molecule has 0 bridgehead atoms. The van der Waals surface area contributed by atoms with Crippen LogP contribution in [0.2, 0.25) is 0 Å². The Morgan fingerprint density at radius 2 is 2.19 bits per heavy atom. The maximum atomic E-state index is 11.3. The van der Waals surface area contributed by atoms with Crippen molar-refractivity contribution in [2.45, 2.75) is 31.8 Å². The van der Waals surface area contributed by atoms with Crippen molar-refractivity contribution < 1.29 is 14.6 Å². The molecular formula is C16H17NO3S. The lowest BCUT2D eigenvalue weighted by molar-refractivity contribution is 0.0697. The molecule has 1 heterocycles. The maximum absolute atomic E-state index is 11.3. The van der Waals surface area contributed by atoms with Crippen molar-refractivity contribution >= 4 is 17.3 Å². The zero-order valence-electron chi connectivity index (χ0n) is 11.8. The van der Waals surface area contributed by atoms with E-state index in [0.717, 1.165) is 24.3 Å². The fourth-order valence-corrected chi connectivity index (χ4v) is 3.90. The second-order valence-corrected chi connectivity index (χ2v) is 6.31. The van der Waals surface area contributed by atoms with E-state index in [-0.39, 0.29) is 6.61 Å². The number of aryl methyl sites for hydroxylation is 1. The van der Waals surface area contributed by atoms with E-state index in [9.17, 15) is 9.90 Å². The van der Waals surface area contributed by atoms with Gasteiger partial charge in [-0.2, -0.15) is 0 Å². The van der Waals surface area contributed by atoms with Crippen molar-refractivity contribution in [2.75, 3.05) is 7.11 Å². The number of carboxylic acid groups (broad SMARTS) is 1. The molecule has 1 atom stereocenters. The van der Waals surface area contributed by atoms with Gasteiger partial charge in [0.15, 0.2) is 0 Å². The van der Waals surface area contributed by atoms with Crippen molar-refractivity contribution in [3.8, 4) is 0 Å². The number of aromatic carboxylic acids is 1. The van der Waals surface area contributed by atoms with E-state index in [1.807, 2.05) is 0 Å². The summed E-state index contributed by atoms with van der Waals surface area (Å²) in [7, 11) is 1.56. The summed E-state index contributed by atoms with van der Waals surface area (Å²) >= 11 is 1.30. The first kappa shape index (κ1) is 14.2. The van der Waals surface area contributed by atoms with Crippen LogP contribution in [0.4, 0.5) is 0 Å². The highest BCUT2D eigenvalue weighted by Crippen LogP contribution is 2.35. The summed E-state index contributed by atoms with van der Waals surface area (Å²) < 4.78 is 5.06. The minimum absolute atomic E-state index is 0.251. The van der Waals surface area contributed by atoms with Crippen LogP contribution < -0.4 is 0 Å². The molecule has 5 heteroatoms. The highest BCUT2D eigenvalue weighted by molar-refractivity contribution is 7.13. The molecule has 3 rings (SSSR count). The Morgan fingerprint density at radius 3 is 2.90 bits per heavy atom. The molecule has 1 aliphatic rings. The van der Waals surface area contributed by atoms with Gasteiger partial charge in [-0.15, -0.1) is 11.3 Å². The number of carboxylic acids is 1. The fourth-order valence-electron chi connectivity index (χ4n) is 2.85. The molecule has 2 aromatic rings. The fraction of sp³-hybridized carbons (Fsp3) is 0.375. The highest BCUT2D eigenvalue weighted by Gasteiger charge is 2.25. The van der Waals surface area contributed by atoms with Gasteiger partial charge in [-0.1, -0.05) is 24.3 Å². The van der Waals surface area contributed by atoms with Crippen LogP contribution in [-0.4, -0.2) is 23.2 Å². The maximum Gasteiger partial charge on any atom is 0.347 e. The normalized spacial score (nSPS) is 17.5. The third-order valence-electron chi connectivity index (χ3n) is 3.89. The number of aromatic nitrogens is 1. The van der Waals surface area contributed by atoms with Gasteiger partial charge in [0.25, 0.3) is 0 Å². The largest absolute Gasteiger partial charge is 0.477 e. The zero-order valence-corrected chi connectivity index (χ0v) is 12.7. The summed E-state index contributed by atoms with van der Waals surface area (Å²) in [6.45, 7) is 0.251.